The lowest BCUT2D eigenvalue weighted by molar-refractivity contribution is -0.128. The van der Waals surface area contributed by atoms with E-state index in [9.17, 15) is 9.59 Å². The fraction of sp³-hybridized carbons (Fsp3) is 0.462. The van der Waals surface area contributed by atoms with Crippen molar-refractivity contribution >= 4 is 23.5 Å². The Hall–Kier alpha value is -2.51. The van der Waals surface area contributed by atoms with Gasteiger partial charge in [0.1, 0.15) is 0 Å². The molecular weight excluding hydrogens is 272 g/mol. The van der Waals surface area contributed by atoms with Crippen LogP contribution in [0.25, 0.3) is 5.78 Å². The summed E-state index contributed by atoms with van der Waals surface area (Å²) in [5, 5.41) is 10.5. The van der Waals surface area contributed by atoms with Crippen LogP contribution in [-0.2, 0) is 9.59 Å². The average Bonchev–Trinajstić information content (AvgIpc) is 3.03. The zero-order chi connectivity index (χ0) is 14.8. The van der Waals surface area contributed by atoms with Crippen molar-refractivity contribution in [3.05, 3.63) is 18.0 Å². The topological polar surface area (TPSA) is 92.5 Å². The highest BCUT2D eigenvalue weighted by molar-refractivity contribution is 5.89. The zero-order valence-electron chi connectivity index (χ0n) is 11.7. The van der Waals surface area contributed by atoms with Crippen molar-refractivity contribution in [3.63, 3.8) is 0 Å². The largest absolute Gasteiger partial charge is 0.342 e. The molecule has 21 heavy (non-hydrogen) atoms. The van der Waals surface area contributed by atoms with Gasteiger partial charge in [0.25, 0.3) is 5.78 Å². The minimum atomic E-state index is -0.190. The number of carbonyl (C=O) groups excluding carboxylic acids is 2. The van der Waals surface area contributed by atoms with E-state index in [2.05, 4.69) is 20.5 Å². The maximum atomic E-state index is 11.9. The first-order chi connectivity index (χ1) is 10.1. The number of aromatic nitrogens is 4. The van der Waals surface area contributed by atoms with Crippen molar-refractivity contribution in [2.45, 2.75) is 26.2 Å². The molecule has 1 N–H and O–H groups in total. The molecule has 0 unspecified atom stereocenters. The number of anilines is 1. The van der Waals surface area contributed by atoms with E-state index in [1.807, 2.05) is 13.0 Å². The number of fused-ring (bicyclic) bond motifs is 1. The molecular formula is C13H16N6O2. The lowest BCUT2D eigenvalue weighted by Crippen LogP contribution is -2.29. The van der Waals surface area contributed by atoms with Gasteiger partial charge in [-0.1, -0.05) is 0 Å². The van der Waals surface area contributed by atoms with Crippen molar-refractivity contribution in [3.8, 4) is 0 Å². The van der Waals surface area contributed by atoms with Crippen LogP contribution in [0.3, 0.4) is 0 Å². The van der Waals surface area contributed by atoms with Gasteiger partial charge in [-0.05, 0) is 19.4 Å². The molecule has 1 fully saturated rings. The van der Waals surface area contributed by atoms with E-state index in [0.717, 1.165) is 18.7 Å². The van der Waals surface area contributed by atoms with E-state index in [0.29, 0.717) is 24.7 Å². The van der Waals surface area contributed by atoms with Gasteiger partial charge in [0, 0.05) is 37.8 Å². The molecule has 2 aromatic rings. The van der Waals surface area contributed by atoms with Gasteiger partial charge in [-0.2, -0.15) is 0 Å². The number of nitrogens with zero attached hydrogens (tertiary/aromatic N) is 5. The Morgan fingerprint density at radius 1 is 1.43 bits per heavy atom. The van der Waals surface area contributed by atoms with Gasteiger partial charge in [-0.25, -0.2) is 4.98 Å². The molecule has 1 aliphatic heterocycles. The molecule has 1 aliphatic rings. The predicted molar refractivity (Wildman–Crippen MR) is 74.6 cm³/mol. The van der Waals surface area contributed by atoms with E-state index in [1.54, 1.807) is 15.5 Å². The van der Waals surface area contributed by atoms with Gasteiger partial charge in [0.2, 0.25) is 17.8 Å². The highest BCUT2D eigenvalue weighted by atomic mass is 16.2. The Morgan fingerprint density at radius 2 is 2.29 bits per heavy atom. The molecule has 110 valence electrons. The molecule has 3 heterocycles. The van der Waals surface area contributed by atoms with Crippen molar-refractivity contribution in [1.29, 1.82) is 0 Å². The van der Waals surface area contributed by atoms with Crippen LogP contribution in [0.1, 0.15) is 25.0 Å². The standard InChI is InChI=1S/C13H16N6O2/c1-9-4-8-19-12(14-9)16-17-13(19)15-10(20)5-7-18-6-2-3-11(18)21/h4,8H,2-3,5-7H2,1H3,(H,15,17,20). The fourth-order valence-electron chi connectivity index (χ4n) is 2.32. The monoisotopic (exact) mass is 288 g/mol. The van der Waals surface area contributed by atoms with Crippen molar-refractivity contribution in [2.24, 2.45) is 0 Å². The van der Waals surface area contributed by atoms with E-state index in [-0.39, 0.29) is 18.2 Å². The number of likely N-dealkylation sites (tertiary alicyclic amines) is 1. The lowest BCUT2D eigenvalue weighted by Gasteiger charge is -2.14. The molecule has 1 saturated heterocycles. The number of aryl methyl sites for hydroxylation is 1. The maximum Gasteiger partial charge on any atom is 0.256 e. The van der Waals surface area contributed by atoms with Gasteiger partial charge >= 0.3 is 0 Å². The summed E-state index contributed by atoms with van der Waals surface area (Å²) >= 11 is 0. The third-order valence-corrected chi connectivity index (χ3v) is 3.45. The first-order valence-electron chi connectivity index (χ1n) is 6.89. The summed E-state index contributed by atoms with van der Waals surface area (Å²) in [5.74, 6) is 0.718. The molecule has 0 atom stereocenters. The minimum Gasteiger partial charge on any atom is -0.342 e. The highest BCUT2D eigenvalue weighted by Gasteiger charge is 2.20. The quantitative estimate of drug-likeness (QED) is 0.878. The number of hydrogen-bond acceptors (Lipinski definition) is 5. The molecule has 2 amide bonds. The normalized spacial score (nSPS) is 14.9. The number of rotatable bonds is 4. The van der Waals surface area contributed by atoms with Crippen molar-refractivity contribution in [2.75, 3.05) is 18.4 Å². The Labute approximate surface area is 121 Å². The van der Waals surface area contributed by atoms with Gasteiger partial charge in [0.15, 0.2) is 0 Å². The van der Waals surface area contributed by atoms with Crippen LogP contribution in [-0.4, -0.2) is 49.4 Å². The number of carbonyl (C=O) groups is 2. The summed E-state index contributed by atoms with van der Waals surface area (Å²) in [6.07, 6.45) is 3.47. The molecule has 3 rings (SSSR count). The molecule has 0 spiro atoms. The fourth-order valence-corrected chi connectivity index (χ4v) is 2.32. The Balaban J connectivity index is 1.62. The summed E-state index contributed by atoms with van der Waals surface area (Å²) in [4.78, 5) is 29.3. The van der Waals surface area contributed by atoms with Crippen LogP contribution < -0.4 is 5.32 Å². The van der Waals surface area contributed by atoms with Crippen molar-refractivity contribution in [1.82, 2.24) is 24.5 Å². The van der Waals surface area contributed by atoms with Crippen LogP contribution in [0.4, 0.5) is 5.95 Å². The van der Waals surface area contributed by atoms with E-state index in [1.165, 1.54) is 0 Å². The molecule has 0 radical (unpaired) electrons. The summed E-state index contributed by atoms with van der Waals surface area (Å²) in [6, 6.07) is 1.81. The average molecular weight is 288 g/mol. The Kier molecular flexibility index (Phi) is 3.51. The second kappa shape index (κ2) is 5.47. The van der Waals surface area contributed by atoms with Gasteiger partial charge in [-0.3, -0.25) is 19.3 Å². The SMILES string of the molecule is Cc1ccn2c(NC(=O)CCN3CCCC3=O)nnc2n1. The van der Waals surface area contributed by atoms with Gasteiger partial charge < -0.3 is 4.90 Å². The summed E-state index contributed by atoms with van der Waals surface area (Å²) in [6.45, 7) is 3.04. The molecule has 0 aliphatic carbocycles. The van der Waals surface area contributed by atoms with Gasteiger partial charge in [-0.15, -0.1) is 10.2 Å². The molecule has 8 heteroatoms. The first kappa shape index (κ1) is 13.5. The minimum absolute atomic E-state index is 0.121. The van der Waals surface area contributed by atoms with Gasteiger partial charge in [0.05, 0.1) is 0 Å². The lowest BCUT2D eigenvalue weighted by atomic mass is 10.3. The maximum absolute atomic E-state index is 11.9. The summed E-state index contributed by atoms with van der Waals surface area (Å²) in [7, 11) is 0. The third-order valence-electron chi connectivity index (χ3n) is 3.45. The number of amides is 2. The molecule has 2 aromatic heterocycles. The van der Waals surface area contributed by atoms with Crippen LogP contribution in [0.2, 0.25) is 0 Å². The third kappa shape index (κ3) is 2.83. The molecule has 8 nitrogen and oxygen atoms in total. The number of nitrogens with one attached hydrogen (secondary N) is 1. The van der Waals surface area contributed by atoms with E-state index < -0.39 is 0 Å². The van der Waals surface area contributed by atoms with Crippen molar-refractivity contribution < 1.29 is 9.59 Å². The zero-order valence-corrected chi connectivity index (χ0v) is 11.7. The highest BCUT2D eigenvalue weighted by Crippen LogP contribution is 2.11. The van der Waals surface area contributed by atoms with E-state index >= 15 is 0 Å². The second-order valence-electron chi connectivity index (χ2n) is 5.05. The number of hydrogen-bond donors (Lipinski definition) is 1. The second-order valence-corrected chi connectivity index (χ2v) is 5.05. The molecule has 0 saturated carbocycles. The summed E-state index contributed by atoms with van der Waals surface area (Å²) < 4.78 is 1.62. The van der Waals surface area contributed by atoms with Crippen LogP contribution >= 0.6 is 0 Å². The van der Waals surface area contributed by atoms with Crippen LogP contribution in [0.15, 0.2) is 12.3 Å². The van der Waals surface area contributed by atoms with Crippen LogP contribution in [0.5, 0.6) is 0 Å². The Morgan fingerprint density at radius 3 is 3.05 bits per heavy atom. The van der Waals surface area contributed by atoms with Crippen LogP contribution in [0, 0.1) is 6.92 Å². The Bertz CT molecular complexity index is 695. The smallest absolute Gasteiger partial charge is 0.256 e. The predicted octanol–water partition coefficient (Wildman–Crippen LogP) is 0.384. The van der Waals surface area contributed by atoms with E-state index in [4.69, 9.17) is 0 Å². The summed E-state index contributed by atoms with van der Waals surface area (Å²) in [5.41, 5.74) is 0.834. The first-order valence-corrected chi connectivity index (χ1v) is 6.89. The molecule has 0 bridgehead atoms. The molecule has 0 aromatic carbocycles.